The topological polar surface area (TPSA) is 101 Å². The second-order valence-electron chi connectivity index (χ2n) is 5.88. The zero-order valence-corrected chi connectivity index (χ0v) is 13.5. The number of amides is 2. The van der Waals surface area contributed by atoms with E-state index in [2.05, 4.69) is 15.6 Å². The maximum absolute atomic E-state index is 12.5. The van der Waals surface area contributed by atoms with E-state index in [4.69, 9.17) is 4.74 Å². The van der Waals surface area contributed by atoms with Gasteiger partial charge in [-0.2, -0.15) is 0 Å². The second kappa shape index (κ2) is 5.57. The van der Waals surface area contributed by atoms with Gasteiger partial charge in [0, 0.05) is 6.20 Å². The van der Waals surface area contributed by atoms with Crippen LogP contribution in [-0.4, -0.2) is 28.5 Å². The van der Waals surface area contributed by atoms with E-state index in [1.165, 1.54) is 11.3 Å². The average molecular weight is 345 g/mol. The number of para-hydroxylation sites is 1. The maximum Gasteiger partial charge on any atom is 0.262 e. The van der Waals surface area contributed by atoms with Crippen LogP contribution in [-0.2, 0) is 10.4 Å². The van der Waals surface area contributed by atoms with Crippen LogP contribution in [0.25, 0.3) is 0 Å². The lowest BCUT2D eigenvalue weighted by Crippen LogP contribution is -2.32. The third-order valence-corrected chi connectivity index (χ3v) is 5.37. The van der Waals surface area contributed by atoms with Gasteiger partial charge in [-0.05, 0) is 31.4 Å². The van der Waals surface area contributed by atoms with Crippen LogP contribution < -0.4 is 15.4 Å². The molecule has 0 saturated heterocycles. The predicted molar refractivity (Wildman–Crippen MR) is 88.4 cm³/mol. The van der Waals surface area contributed by atoms with Crippen molar-refractivity contribution in [3.8, 4) is 5.75 Å². The molecule has 1 aromatic heterocycles. The summed E-state index contributed by atoms with van der Waals surface area (Å²) in [4.78, 5) is 29.0. The largest absolute Gasteiger partial charge is 0.482 e. The second-order valence-corrected chi connectivity index (χ2v) is 6.92. The highest BCUT2D eigenvalue weighted by atomic mass is 32.1. The summed E-state index contributed by atoms with van der Waals surface area (Å²) in [5.41, 5.74) is -0.130. The third kappa shape index (κ3) is 2.53. The van der Waals surface area contributed by atoms with E-state index in [9.17, 15) is 14.7 Å². The van der Waals surface area contributed by atoms with Gasteiger partial charge in [0.1, 0.15) is 11.4 Å². The number of nitrogens with zero attached hydrogens (tertiary/aromatic N) is 1. The summed E-state index contributed by atoms with van der Waals surface area (Å²) in [5, 5.41) is 16.1. The van der Waals surface area contributed by atoms with E-state index in [1.807, 2.05) is 0 Å². The molecule has 0 radical (unpaired) electrons. The van der Waals surface area contributed by atoms with Crippen LogP contribution in [0.5, 0.6) is 5.75 Å². The normalized spacial score (nSPS) is 18.0. The molecule has 2 heterocycles. The van der Waals surface area contributed by atoms with Crippen molar-refractivity contribution in [3.63, 3.8) is 0 Å². The minimum atomic E-state index is -0.797. The van der Waals surface area contributed by atoms with Crippen LogP contribution in [0.1, 0.15) is 34.5 Å². The number of aromatic nitrogens is 1. The Hall–Kier alpha value is -2.45. The van der Waals surface area contributed by atoms with Gasteiger partial charge < -0.3 is 15.2 Å². The van der Waals surface area contributed by atoms with E-state index in [0.29, 0.717) is 22.1 Å². The molecule has 7 nitrogen and oxygen atoms in total. The van der Waals surface area contributed by atoms with Crippen molar-refractivity contribution in [1.29, 1.82) is 0 Å². The van der Waals surface area contributed by atoms with Crippen molar-refractivity contribution in [2.45, 2.75) is 24.9 Å². The minimum Gasteiger partial charge on any atom is -0.482 e. The monoisotopic (exact) mass is 345 g/mol. The molecule has 124 valence electrons. The Morgan fingerprint density at radius 2 is 2.25 bits per heavy atom. The Bertz CT molecular complexity index is 828. The van der Waals surface area contributed by atoms with Crippen molar-refractivity contribution < 1.29 is 19.4 Å². The molecule has 1 aromatic carbocycles. The molecule has 0 bridgehead atoms. The van der Waals surface area contributed by atoms with E-state index >= 15 is 0 Å². The Labute approximate surface area is 141 Å². The number of ether oxygens (including phenoxy) is 1. The standard InChI is InChI=1S/C16H15N3O4S/c20-12-8-23-10-4-1-3-9(13(10)18-12)14(21)19-15-17-7-11(24-15)16(22)5-2-6-16/h1,3-4,7,22H,2,5-6,8H2,(H,18,20)(H,17,19,21). The van der Waals surface area contributed by atoms with Gasteiger partial charge >= 0.3 is 0 Å². The fraction of sp³-hybridized carbons (Fsp3) is 0.312. The van der Waals surface area contributed by atoms with Gasteiger partial charge in [-0.1, -0.05) is 17.4 Å². The van der Waals surface area contributed by atoms with Crippen LogP contribution in [0.4, 0.5) is 10.8 Å². The number of hydrogen-bond acceptors (Lipinski definition) is 6. The van der Waals surface area contributed by atoms with E-state index in [1.54, 1.807) is 24.4 Å². The molecule has 2 aromatic rings. The van der Waals surface area contributed by atoms with Crippen LogP contribution in [0.2, 0.25) is 0 Å². The smallest absolute Gasteiger partial charge is 0.262 e. The lowest BCUT2D eigenvalue weighted by atomic mass is 9.79. The molecule has 0 unspecified atom stereocenters. The minimum absolute atomic E-state index is 0.0630. The lowest BCUT2D eigenvalue weighted by molar-refractivity contribution is -0.118. The number of anilines is 2. The highest BCUT2D eigenvalue weighted by molar-refractivity contribution is 7.15. The first-order chi connectivity index (χ1) is 11.5. The summed E-state index contributed by atoms with van der Waals surface area (Å²) >= 11 is 1.26. The average Bonchev–Trinajstić information content (AvgIpc) is 3.00. The van der Waals surface area contributed by atoms with E-state index in [-0.39, 0.29) is 18.4 Å². The fourth-order valence-electron chi connectivity index (χ4n) is 2.76. The molecular formula is C16H15N3O4S. The maximum atomic E-state index is 12.5. The Kier molecular flexibility index (Phi) is 3.50. The predicted octanol–water partition coefficient (Wildman–Crippen LogP) is 2.10. The Morgan fingerprint density at radius 1 is 1.42 bits per heavy atom. The van der Waals surface area contributed by atoms with Gasteiger partial charge in [-0.25, -0.2) is 4.98 Å². The first-order valence-electron chi connectivity index (χ1n) is 7.61. The summed E-state index contributed by atoms with van der Waals surface area (Å²) in [6, 6.07) is 4.99. The van der Waals surface area contributed by atoms with Gasteiger partial charge in [-0.3, -0.25) is 14.9 Å². The number of nitrogens with one attached hydrogen (secondary N) is 2. The van der Waals surface area contributed by atoms with Crippen molar-refractivity contribution in [1.82, 2.24) is 4.98 Å². The van der Waals surface area contributed by atoms with Gasteiger partial charge in [0.25, 0.3) is 11.8 Å². The highest BCUT2D eigenvalue weighted by Crippen LogP contribution is 2.44. The molecule has 1 fully saturated rings. The fourth-order valence-corrected chi connectivity index (χ4v) is 3.71. The van der Waals surface area contributed by atoms with Crippen LogP contribution in [0.15, 0.2) is 24.4 Å². The molecular weight excluding hydrogens is 330 g/mol. The molecule has 8 heteroatoms. The molecule has 4 rings (SSSR count). The first-order valence-corrected chi connectivity index (χ1v) is 8.42. The van der Waals surface area contributed by atoms with E-state index < -0.39 is 5.60 Å². The van der Waals surface area contributed by atoms with Gasteiger partial charge in [0.05, 0.1) is 16.1 Å². The number of fused-ring (bicyclic) bond motifs is 1. The zero-order valence-electron chi connectivity index (χ0n) is 12.7. The van der Waals surface area contributed by atoms with Crippen molar-refractivity contribution in [2.24, 2.45) is 0 Å². The number of rotatable bonds is 3. The molecule has 2 amide bonds. The first kappa shape index (κ1) is 15.1. The molecule has 0 spiro atoms. The third-order valence-electron chi connectivity index (χ3n) is 4.26. The van der Waals surface area contributed by atoms with Crippen LogP contribution in [0, 0.1) is 0 Å². The van der Waals surface area contributed by atoms with Crippen LogP contribution in [0.3, 0.4) is 0 Å². The zero-order chi connectivity index (χ0) is 16.7. The molecule has 0 atom stereocenters. The van der Waals surface area contributed by atoms with Gasteiger partial charge in [0.15, 0.2) is 11.7 Å². The SMILES string of the molecule is O=C1COc2cccc(C(=O)Nc3ncc(C4(O)CCC4)s3)c2N1. The van der Waals surface area contributed by atoms with Gasteiger partial charge in [0.2, 0.25) is 0 Å². The number of carbonyl (C=O) groups excluding carboxylic acids is 2. The van der Waals surface area contributed by atoms with E-state index in [0.717, 1.165) is 24.1 Å². The summed E-state index contributed by atoms with van der Waals surface area (Å²) in [6.45, 7) is -0.0630. The summed E-state index contributed by atoms with van der Waals surface area (Å²) < 4.78 is 5.31. The number of thiazole rings is 1. The van der Waals surface area contributed by atoms with Crippen molar-refractivity contribution in [3.05, 3.63) is 34.8 Å². The number of aliphatic hydroxyl groups is 1. The molecule has 1 aliphatic carbocycles. The molecule has 1 saturated carbocycles. The Morgan fingerprint density at radius 3 is 3.00 bits per heavy atom. The molecule has 3 N–H and O–H groups in total. The number of carbonyl (C=O) groups is 2. The summed E-state index contributed by atoms with van der Waals surface area (Å²) in [6.07, 6.45) is 4.03. The molecule has 2 aliphatic rings. The van der Waals surface area contributed by atoms with Gasteiger partial charge in [-0.15, -0.1) is 0 Å². The number of benzene rings is 1. The Balaban J connectivity index is 1.56. The number of hydrogen-bond donors (Lipinski definition) is 3. The highest BCUT2D eigenvalue weighted by Gasteiger charge is 2.38. The van der Waals surface area contributed by atoms with Crippen molar-refractivity contribution in [2.75, 3.05) is 17.2 Å². The summed E-state index contributed by atoms with van der Waals surface area (Å²) in [5.74, 6) is -0.225. The molecule has 24 heavy (non-hydrogen) atoms. The quantitative estimate of drug-likeness (QED) is 0.791. The molecule has 1 aliphatic heterocycles. The lowest BCUT2D eigenvalue weighted by Gasteiger charge is -2.35. The van der Waals surface area contributed by atoms with Crippen molar-refractivity contribution >= 4 is 34.0 Å². The van der Waals surface area contributed by atoms with Crippen LogP contribution >= 0.6 is 11.3 Å². The summed E-state index contributed by atoms with van der Waals surface area (Å²) in [7, 11) is 0.